The Morgan fingerprint density at radius 2 is 1.70 bits per heavy atom. The van der Waals surface area contributed by atoms with Gasteiger partial charge in [-0.3, -0.25) is 9.59 Å². The van der Waals surface area contributed by atoms with E-state index in [-0.39, 0.29) is 29.7 Å². The SMILES string of the molecule is C[C@@H]1CCCCN1C(=O)[C@@H]1[C@H](C(=O)O)[C@H]2C=C[C@H]1CC2. The van der Waals surface area contributed by atoms with E-state index in [0.29, 0.717) is 0 Å². The lowest BCUT2D eigenvalue weighted by molar-refractivity contribution is -0.158. The van der Waals surface area contributed by atoms with Gasteiger partial charge in [-0.05, 0) is 50.9 Å². The lowest BCUT2D eigenvalue weighted by Gasteiger charge is -2.45. The first-order valence-corrected chi connectivity index (χ1v) is 7.81. The van der Waals surface area contributed by atoms with Gasteiger partial charge in [-0.2, -0.15) is 0 Å². The van der Waals surface area contributed by atoms with E-state index in [1.807, 2.05) is 11.0 Å². The predicted molar refractivity (Wildman–Crippen MR) is 75.0 cm³/mol. The number of amides is 1. The Hall–Kier alpha value is -1.32. The molecule has 4 rings (SSSR count). The van der Waals surface area contributed by atoms with Crippen LogP contribution in [0.5, 0.6) is 0 Å². The summed E-state index contributed by atoms with van der Waals surface area (Å²) in [5, 5.41) is 9.54. The summed E-state index contributed by atoms with van der Waals surface area (Å²) >= 11 is 0. The molecule has 4 aliphatic rings. The highest BCUT2D eigenvalue weighted by Crippen LogP contribution is 2.46. The van der Waals surface area contributed by atoms with Crippen LogP contribution in [0.1, 0.15) is 39.0 Å². The second-order valence-corrected chi connectivity index (χ2v) is 6.56. The topological polar surface area (TPSA) is 57.6 Å². The number of rotatable bonds is 2. The summed E-state index contributed by atoms with van der Waals surface area (Å²) in [6.07, 6.45) is 9.25. The molecule has 1 N–H and O–H groups in total. The third-order valence-electron chi connectivity index (χ3n) is 5.40. The number of hydrogen-bond donors (Lipinski definition) is 1. The Bertz CT molecular complexity index is 445. The van der Waals surface area contributed by atoms with Crippen molar-refractivity contribution in [2.45, 2.75) is 45.1 Å². The number of fused-ring (bicyclic) bond motifs is 2. The van der Waals surface area contributed by atoms with Gasteiger partial charge in [0.1, 0.15) is 0 Å². The van der Waals surface area contributed by atoms with Gasteiger partial charge in [-0.15, -0.1) is 0 Å². The van der Waals surface area contributed by atoms with E-state index in [1.165, 1.54) is 6.42 Å². The van der Waals surface area contributed by atoms with Gasteiger partial charge in [-0.25, -0.2) is 0 Å². The number of allylic oxidation sites excluding steroid dienone is 2. The van der Waals surface area contributed by atoms with E-state index < -0.39 is 11.9 Å². The van der Waals surface area contributed by atoms with E-state index >= 15 is 0 Å². The fourth-order valence-electron chi connectivity index (χ4n) is 4.28. The molecule has 0 aromatic rings. The van der Waals surface area contributed by atoms with Gasteiger partial charge in [0.25, 0.3) is 0 Å². The molecule has 4 nitrogen and oxygen atoms in total. The van der Waals surface area contributed by atoms with Crippen molar-refractivity contribution in [2.24, 2.45) is 23.7 Å². The lowest BCUT2D eigenvalue weighted by Crippen LogP contribution is -2.53. The number of carboxylic acids is 1. The minimum absolute atomic E-state index is 0.0477. The van der Waals surface area contributed by atoms with Crippen LogP contribution in [0.25, 0.3) is 0 Å². The highest BCUT2D eigenvalue weighted by molar-refractivity contribution is 5.86. The maximum Gasteiger partial charge on any atom is 0.307 e. The molecule has 3 aliphatic carbocycles. The highest BCUT2D eigenvalue weighted by atomic mass is 16.4. The minimum atomic E-state index is -0.799. The average molecular weight is 277 g/mol. The van der Waals surface area contributed by atoms with Gasteiger partial charge in [0.15, 0.2) is 0 Å². The molecule has 4 heteroatoms. The number of carboxylic acid groups (broad SMARTS) is 1. The van der Waals surface area contributed by atoms with Crippen LogP contribution in [-0.4, -0.2) is 34.5 Å². The molecule has 0 aromatic carbocycles. The number of piperidine rings is 1. The number of nitrogens with zero attached hydrogens (tertiary/aromatic N) is 1. The quantitative estimate of drug-likeness (QED) is 0.788. The van der Waals surface area contributed by atoms with Gasteiger partial charge < -0.3 is 10.0 Å². The number of carbonyl (C=O) groups excluding carboxylic acids is 1. The van der Waals surface area contributed by atoms with Crippen molar-refractivity contribution in [2.75, 3.05) is 6.54 Å². The molecular formula is C16H23NO3. The van der Waals surface area contributed by atoms with Crippen LogP contribution in [0.2, 0.25) is 0 Å². The van der Waals surface area contributed by atoms with Crippen molar-refractivity contribution in [1.29, 1.82) is 0 Å². The zero-order chi connectivity index (χ0) is 14.3. The van der Waals surface area contributed by atoms with Crippen LogP contribution in [0, 0.1) is 23.7 Å². The Kier molecular flexibility index (Phi) is 3.57. The third kappa shape index (κ3) is 2.15. The predicted octanol–water partition coefficient (Wildman–Crippen LogP) is 2.30. The van der Waals surface area contributed by atoms with Gasteiger partial charge in [0, 0.05) is 12.6 Å². The van der Waals surface area contributed by atoms with E-state index in [4.69, 9.17) is 0 Å². The van der Waals surface area contributed by atoms with Crippen molar-refractivity contribution in [3.05, 3.63) is 12.2 Å². The standard InChI is InChI=1S/C16H23NO3/c1-10-4-2-3-9-17(10)15(18)13-11-5-7-12(8-6-11)14(13)16(19)20/h5,7,10-14H,2-4,6,8-9H2,1H3,(H,19,20)/t10-,11+,12+,13+,14-/m1/s1. The molecule has 2 bridgehead atoms. The second kappa shape index (κ2) is 5.23. The smallest absolute Gasteiger partial charge is 0.307 e. The lowest BCUT2D eigenvalue weighted by atomic mass is 9.61. The van der Waals surface area contributed by atoms with E-state index in [0.717, 1.165) is 32.2 Å². The van der Waals surface area contributed by atoms with Crippen LogP contribution in [0.15, 0.2) is 12.2 Å². The largest absolute Gasteiger partial charge is 0.481 e. The normalized spacial score (nSPS) is 39.9. The fraction of sp³-hybridized carbons (Fsp3) is 0.750. The molecular weight excluding hydrogens is 254 g/mol. The van der Waals surface area contributed by atoms with Gasteiger partial charge >= 0.3 is 5.97 Å². The van der Waals surface area contributed by atoms with Crippen LogP contribution in [0.3, 0.4) is 0 Å². The summed E-state index contributed by atoms with van der Waals surface area (Å²) in [4.78, 5) is 26.5. The molecule has 0 radical (unpaired) electrons. The van der Waals surface area contributed by atoms with E-state index in [2.05, 4.69) is 13.0 Å². The number of hydrogen-bond acceptors (Lipinski definition) is 2. The number of carbonyl (C=O) groups is 2. The molecule has 1 heterocycles. The summed E-state index contributed by atoms with van der Waals surface area (Å²) in [6, 6.07) is 0.259. The Morgan fingerprint density at radius 3 is 2.25 bits per heavy atom. The van der Waals surface area contributed by atoms with Crippen molar-refractivity contribution >= 4 is 11.9 Å². The maximum absolute atomic E-state index is 12.9. The summed E-state index contributed by atoms with van der Waals surface area (Å²) < 4.78 is 0. The maximum atomic E-state index is 12.9. The molecule has 0 unspecified atom stereocenters. The summed E-state index contributed by atoms with van der Waals surface area (Å²) in [5.41, 5.74) is 0. The van der Waals surface area contributed by atoms with Crippen LogP contribution in [0.4, 0.5) is 0 Å². The first-order chi connectivity index (χ1) is 9.59. The zero-order valence-electron chi connectivity index (χ0n) is 12.0. The molecule has 0 aromatic heterocycles. The number of aliphatic carboxylic acids is 1. The van der Waals surface area contributed by atoms with Crippen molar-refractivity contribution in [3.63, 3.8) is 0 Å². The molecule has 20 heavy (non-hydrogen) atoms. The zero-order valence-corrected chi connectivity index (χ0v) is 12.0. The molecule has 2 fully saturated rings. The second-order valence-electron chi connectivity index (χ2n) is 6.56. The fourth-order valence-corrected chi connectivity index (χ4v) is 4.28. The van der Waals surface area contributed by atoms with Crippen LogP contribution in [-0.2, 0) is 9.59 Å². The Balaban J connectivity index is 1.85. The molecule has 1 aliphatic heterocycles. The molecule has 5 atom stereocenters. The van der Waals surface area contributed by atoms with Gasteiger partial charge in [0.2, 0.25) is 5.91 Å². The first kappa shape index (κ1) is 13.7. The Morgan fingerprint density at radius 1 is 1.05 bits per heavy atom. The van der Waals surface area contributed by atoms with Crippen molar-refractivity contribution in [3.8, 4) is 0 Å². The van der Waals surface area contributed by atoms with E-state index in [1.54, 1.807) is 0 Å². The van der Waals surface area contributed by atoms with Crippen molar-refractivity contribution in [1.82, 2.24) is 4.90 Å². The molecule has 1 saturated heterocycles. The highest BCUT2D eigenvalue weighted by Gasteiger charge is 2.49. The van der Waals surface area contributed by atoms with Gasteiger partial charge in [-0.1, -0.05) is 12.2 Å². The number of likely N-dealkylation sites (tertiary alicyclic amines) is 1. The van der Waals surface area contributed by atoms with Crippen LogP contribution < -0.4 is 0 Å². The van der Waals surface area contributed by atoms with E-state index in [9.17, 15) is 14.7 Å². The summed E-state index contributed by atoms with van der Waals surface area (Å²) in [6.45, 7) is 2.88. The Labute approximate surface area is 119 Å². The minimum Gasteiger partial charge on any atom is -0.481 e. The van der Waals surface area contributed by atoms with Crippen LogP contribution >= 0.6 is 0 Å². The first-order valence-electron chi connectivity index (χ1n) is 7.81. The van der Waals surface area contributed by atoms with Crippen molar-refractivity contribution < 1.29 is 14.7 Å². The summed E-state index contributed by atoms with van der Waals surface area (Å²) in [5.74, 6) is -1.39. The third-order valence-corrected chi connectivity index (χ3v) is 5.40. The average Bonchev–Trinajstić information content (AvgIpc) is 2.47. The molecule has 1 amide bonds. The summed E-state index contributed by atoms with van der Waals surface area (Å²) in [7, 11) is 0. The monoisotopic (exact) mass is 277 g/mol. The van der Waals surface area contributed by atoms with Gasteiger partial charge in [0.05, 0.1) is 11.8 Å². The molecule has 110 valence electrons. The molecule has 1 saturated carbocycles. The molecule has 0 spiro atoms.